The number of benzene rings is 1. The van der Waals surface area contributed by atoms with Gasteiger partial charge in [0.1, 0.15) is 5.75 Å². The lowest BCUT2D eigenvalue weighted by molar-refractivity contribution is 0.133. The van der Waals surface area contributed by atoms with E-state index in [0.29, 0.717) is 18.5 Å². The fourth-order valence-electron chi connectivity index (χ4n) is 2.76. The molecule has 1 aromatic rings. The number of hydrogen-bond donors (Lipinski definition) is 0. The highest BCUT2D eigenvalue weighted by Gasteiger charge is 2.33. The van der Waals surface area contributed by atoms with Crippen LogP contribution in [0, 0.1) is 0 Å². The summed E-state index contributed by atoms with van der Waals surface area (Å²) in [6.07, 6.45) is 3.48. The van der Waals surface area contributed by atoms with E-state index in [-0.39, 0.29) is 0 Å². The Hall–Kier alpha value is -1.11. The fourth-order valence-corrected chi connectivity index (χ4v) is 3.18. The summed E-state index contributed by atoms with van der Waals surface area (Å²) >= 11 is 0. The van der Waals surface area contributed by atoms with Gasteiger partial charge in [0.15, 0.2) is 0 Å². The summed E-state index contributed by atoms with van der Waals surface area (Å²) in [5.74, 6) is 1.49. The van der Waals surface area contributed by atoms with Gasteiger partial charge in [0.25, 0.3) is 0 Å². The van der Waals surface area contributed by atoms with Crippen molar-refractivity contribution in [3.63, 3.8) is 0 Å². The third kappa shape index (κ3) is 4.21. The average molecular weight is 326 g/mol. The van der Waals surface area contributed by atoms with Gasteiger partial charge in [0.05, 0.1) is 13.4 Å². The first kappa shape index (κ1) is 17.2. The number of rotatable bonds is 7. The summed E-state index contributed by atoms with van der Waals surface area (Å²) in [6, 6.07) is 8.79. The lowest BCUT2D eigenvalue weighted by atomic mass is 9.75. The van der Waals surface area contributed by atoms with Gasteiger partial charge in [-0.2, -0.15) is 0 Å². The van der Waals surface area contributed by atoms with Gasteiger partial charge in [0, 0.05) is 26.2 Å². The average Bonchev–Trinajstić information content (AvgIpc) is 2.42. The molecule has 5 nitrogen and oxygen atoms in total. The Morgan fingerprint density at radius 2 is 1.91 bits per heavy atom. The monoisotopic (exact) mass is 326 g/mol. The maximum Gasteiger partial charge on any atom is 0.210 e. The zero-order valence-electron chi connectivity index (χ0n) is 13.8. The summed E-state index contributed by atoms with van der Waals surface area (Å²) in [4.78, 5) is 2.26. The molecular formula is C16H26N2O3S. The lowest BCUT2D eigenvalue weighted by Gasteiger charge is -2.42. The second kappa shape index (κ2) is 6.98. The molecule has 0 atom stereocenters. The van der Waals surface area contributed by atoms with Crippen molar-refractivity contribution in [2.24, 2.45) is 0 Å². The molecular weight excluding hydrogens is 300 g/mol. The van der Waals surface area contributed by atoms with E-state index in [2.05, 4.69) is 24.1 Å². The fraction of sp³-hybridized carbons (Fsp3) is 0.625. The zero-order chi connectivity index (χ0) is 16.3. The van der Waals surface area contributed by atoms with E-state index in [1.807, 2.05) is 12.1 Å². The Balaban J connectivity index is 1.80. The van der Waals surface area contributed by atoms with Gasteiger partial charge in [-0.25, -0.2) is 12.7 Å². The SMILES string of the molecule is COc1cccc(C2CC(N(C)CCN(C)S(C)(=O)=O)C2)c1. The molecule has 2 rings (SSSR count). The minimum atomic E-state index is -3.08. The van der Waals surface area contributed by atoms with Crippen LogP contribution in [0.25, 0.3) is 0 Å². The topological polar surface area (TPSA) is 49.9 Å². The predicted molar refractivity (Wildman–Crippen MR) is 88.9 cm³/mol. The van der Waals surface area contributed by atoms with Gasteiger partial charge in [0.2, 0.25) is 10.0 Å². The van der Waals surface area contributed by atoms with Crippen molar-refractivity contribution in [2.75, 3.05) is 40.6 Å². The summed E-state index contributed by atoms with van der Waals surface area (Å²) in [5, 5.41) is 0. The standard InChI is InChI=1S/C16H26N2O3S/c1-17(8-9-18(2)22(4,19)20)15-10-14(11-15)13-6-5-7-16(12-13)21-3/h5-7,12,14-15H,8-11H2,1-4H3. The van der Waals surface area contributed by atoms with Crippen molar-refractivity contribution in [1.82, 2.24) is 9.21 Å². The molecule has 124 valence electrons. The molecule has 0 heterocycles. The quantitative estimate of drug-likeness (QED) is 0.766. The Morgan fingerprint density at radius 1 is 1.23 bits per heavy atom. The highest BCUT2D eigenvalue weighted by molar-refractivity contribution is 7.88. The molecule has 0 N–H and O–H groups in total. The van der Waals surface area contributed by atoms with E-state index in [4.69, 9.17) is 4.74 Å². The first-order chi connectivity index (χ1) is 10.3. The highest BCUT2D eigenvalue weighted by Crippen LogP contribution is 2.40. The van der Waals surface area contributed by atoms with Crippen LogP contribution in [0.15, 0.2) is 24.3 Å². The Kier molecular flexibility index (Phi) is 5.47. The molecule has 0 radical (unpaired) electrons. The molecule has 1 aliphatic rings. The molecule has 0 spiro atoms. The number of hydrogen-bond acceptors (Lipinski definition) is 4. The molecule has 22 heavy (non-hydrogen) atoms. The molecule has 0 aromatic heterocycles. The van der Waals surface area contributed by atoms with Crippen molar-refractivity contribution in [3.8, 4) is 5.75 Å². The van der Waals surface area contributed by atoms with E-state index < -0.39 is 10.0 Å². The van der Waals surface area contributed by atoms with Crippen LogP contribution >= 0.6 is 0 Å². The largest absolute Gasteiger partial charge is 0.497 e. The maximum atomic E-state index is 11.4. The molecule has 0 bridgehead atoms. The van der Waals surface area contributed by atoms with Gasteiger partial charge in [-0.15, -0.1) is 0 Å². The van der Waals surface area contributed by atoms with Crippen LogP contribution in [0.4, 0.5) is 0 Å². The number of likely N-dealkylation sites (N-methyl/N-ethyl adjacent to an activating group) is 2. The molecule has 1 fully saturated rings. The van der Waals surface area contributed by atoms with E-state index in [0.717, 1.165) is 25.1 Å². The van der Waals surface area contributed by atoms with E-state index in [9.17, 15) is 8.42 Å². The highest BCUT2D eigenvalue weighted by atomic mass is 32.2. The van der Waals surface area contributed by atoms with Crippen LogP contribution in [0.3, 0.4) is 0 Å². The van der Waals surface area contributed by atoms with Crippen molar-refractivity contribution in [3.05, 3.63) is 29.8 Å². The normalized spacial score (nSPS) is 21.9. The third-order valence-corrected chi connectivity index (χ3v) is 5.95. The van der Waals surface area contributed by atoms with Crippen LogP contribution in [0.5, 0.6) is 5.75 Å². The zero-order valence-corrected chi connectivity index (χ0v) is 14.6. The van der Waals surface area contributed by atoms with E-state index >= 15 is 0 Å². The maximum absolute atomic E-state index is 11.4. The first-order valence-electron chi connectivity index (χ1n) is 7.56. The number of sulfonamides is 1. The van der Waals surface area contributed by atoms with Crippen molar-refractivity contribution in [2.45, 2.75) is 24.8 Å². The van der Waals surface area contributed by atoms with Crippen LogP contribution in [-0.4, -0.2) is 64.2 Å². The van der Waals surface area contributed by atoms with Crippen LogP contribution < -0.4 is 4.74 Å². The molecule has 0 aliphatic heterocycles. The number of ether oxygens (including phenoxy) is 1. The first-order valence-corrected chi connectivity index (χ1v) is 9.41. The van der Waals surface area contributed by atoms with E-state index in [1.54, 1.807) is 14.2 Å². The Morgan fingerprint density at radius 3 is 2.50 bits per heavy atom. The molecule has 1 saturated carbocycles. The minimum Gasteiger partial charge on any atom is -0.497 e. The van der Waals surface area contributed by atoms with Crippen molar-refractivity contribution >= 4 is 10.0 Å². The van der Waals surface area contributed by atoms with Gasteiger partial charge in [-0.05, 0) is 43.5 Å². The molecule has 1 aromatic carbocycles. The second-order valence-corrected chi connectivity index (χ2v) is 8.25. The van der Waals surface area contributed by atoms with E-state index in [1.165, 1.54) is 16.1 Å². The Bertz CT molecular complexity index is 597. The number of nitrogens with zero attached hydrogens (tertiary/aromatic N) is 2. The van der Waals surface area contributed by atoms with Gasteiger partial charge in [-0.1, -0.05) is 12.1 Å². The van der Waals surface area contributed by atoms with Crippen LogP contribution in [0.2, 0.25) is 0 Å². The third-order valence-electron chi connectivity index (χ3n) is 4.64. The van der Waals surface area contributed by atoms with Crippen molar-refractivity contribution in [1.29, 1.82) is 0 Å². The smallest absolute Gasteiger partial charge is 0.210 e. The Labute approximate surface area is 133 Å². The molecule has 0 unspecified atom stereocenters. The summed E-state index contributed by atoms with van der Waals surface area (Å²) < 4.78 is 29.5. The van der Waals surface area contributed by atoms with Gasteiger partial charge >= 0.3 is 0 Å². The molecule has 0 saturated heterocycles. The van der Waals surface area contributed by atoms with Crippen molar-refractivity contribution < 1.29 is 13.2 Å². The summed E-state index contributed by atoms with van der Waals surface area (Å²) in [7, 11) is 2.31. The molecule has 6 heteroatoms. The van der Waals surface area contributed by atoms with Crippen LogP contribution in [0.1, 0.15) is 24.3 Å². The van der Waals surface area contributed by atoms with Gasteiger partial charge in [-0.3, -0.25) is 0 Å². The number of methoxy groups -OCH3 is 1. The molecule has 1 aliphatic carbocycles. The predicted octanol–water partition coefficient (Wildman–Crippen LogP) is 1.76. The second-order valence-electron chi connectivity index (χ2n) is 6.16. The molecule has 0 amide bonds. The summed E-state index contributed by atoms with van der Waals surface area (Å²) in [6.45, 7) is 1.30. The lowest BCUT2D eigenvalue weighted by Crippen LogP contribution is -2.44. The summed E-state index contributed by atoms with van der Waals surface area (Å²) in [5.41, 5.74) is 1.33. The van der Waals surface area contributed by atoms with Gasteiger partial charge < -0.3 is 9.64 Å². The minimum absolute atomic E-state index is 0.532. The van der Waals surface area contributed by atoms with Crippen LogP contribution in [-0.2, 0) is 10.0 Å².